The summed E-state index contributed by atoms with van der Waals surface area (Å²) >= 11 is 0. The second-order valence-electron chi connectivity index (χ2n) is 7.65. The largest absolute Gasteiger partial charge is 0.337 e. The maximum atomic E-state index is 13.2. The molecule has 150 valence electrons. The average molecular weight is 390 g/mol. The van der Waals surface area contributed by atoms with Crippen molar-refractivity contribution in [3.8, 4) is 0 Å². The van der Waals surface area contributed by atoms with Crippen molar-refractivity contribution in [3.05, 3.63) is 65.2 Å². The molecule has 1 aliphatic rings. The van der Waals surface area contributed by atoms with Crippen LogP contribution in [0.4, 0.5) is 5.69 Å². The van der Waals surface area contributed by atoms with E-state index in [-0.39, 0.29) is 17.6 Å². The van der Waals surface area contributed by atoms with Gasteiger partial charge < -0.3 is 10.2 Å². The molecule has 2 aromatic heterocycles. The third kappa shape index (κ3) is 3.75. The summed E-state index contributed by atoms with van der Waals surface area (Å²) in [6.45, 7) is 5.47. The molecular weight excluding hydrogens is 364 g/mol. The van der Waals surface area contributed by atoms with E-state index < -0.39 is 0 Å². The van der Waals surface area contributed by atoms with E-state index in [0.29, 0.717) is 11.2 Å². The predicted molar refractivity (Wildman–Crippen MR) is 113 cm³/mol. The van der Waals surface area contributed by atoms with Gasteiger partial charge in [0.1, 0.15) is 0 Å². The number of pyridine rings is 1. The summed E-state index contributed by atoms with van der Waals surface area (Å²) in [5, 5.41) is 2.95. The molecule has 0 unspecified atom stereocenters. The van der Waals surface area contributed by atoms with E-state index in [4.69, 9.17) is 0 Å². The first-order valence-corrected chi connectivity index (χ1v) is 10.2. The molecule has 1 aliphatic heterocycles. The summed E-state index contributed by atoms with van der Waals surface area (Å²) in [4.78, 5) is 32.6. The number of rotatable bonds is 3. The van der Waals surface area contributed by atoms with E-state index in [1.807, 2.05) is 55.1 Å². The Morgan fingerprint density at radius 2 is 1.72 bits per heavy atom. The van der Waals surface area contributed by atoms with Gasteiger partial charge in [0.05, 0.1) is 5.52 Å². The smallest absolute Gasteiger partial charge is 0.292 e. The molecule has 0 bridgehead atoms. The van der Waals surface area contributed by atoms with Gasteiger partial charge in [-0.2, -0.15) is 0 Å². The van der Waals surface area contributed by atoms with Crippen molar-refractivity contribution in [1.29, 1.82) is 0 Å². The van der Waals surface area contributed by atoms with Gasteiger partial charge >= 0.3 is 0 Å². The molecule has 3 heterocycles. The molecule has 3 aromatic rings. The number of likely N-dealkylation sites (tertiary alicyclic amines) is 1. The van der Waals surface area contributed by atoms with E-state index >= 15 is 0 Å². The number of carbonyl (C=O) groups excluding carboxylic acids is 2. The second-order valence-corrected chi connectivity index (χ2v) is 7.65. The summed E-state index contributed by atoms with van der Waals surface area (Å²) < 4.78 is 1.70. The zero-order valence-corrected chi connectivity index (χ0v) is 16.9. The van der Waals surface area contributed by atoms with Gasteiger partial charge in [-0.05, 0) is 56.0 Å². The molecule has 6 heteroatoms. The van der Waals surface area contributed by atoms with Gasteiger partial charge in [-0.1, -0.05) is 31.0 Å². The molecule has 0 atom stereocenters. The molecule has 6 nitrogen and oxygen atoms in total. The molecule has 0 saturated carbocycles. The van der Waals surface area contributed by atoms with Crippen LogP contribution in [-0.4, -0.2) is 39.2 Å². The van der Waals surface area contributed by atoms with Crippen LogP contribution in [0.2, 0.25) is 0 Å². The van der Waals surface area contributed by atoms with Crippen LogP contribution in [0.3, 0.4) is 0 Å². The van der Waals surface area contributed by atoms with E-state index in [2.05, 4.69) is 10.3 Å². The Hall–Kier alpha value is -3.15. The first kappa shape index (κ1) is 19.2. The molecule has 2 amide bonds. The monoisotopic (exact) mass is 390 g/mol. The van der Waals surface area contributed by atoms with Crippen LogP contribution < -0.4 is 5.32 Å². The number of amides is 2. The molecule has 29 heavy (non-hydrogen) atoms. The number of imidazole rings is 1. The minimum atomic E-state index is -0.324. The molecular formula is C23H26N4O2. The number of hydrogen-bond donors (Lipinski definition) is 1. The van der Waals surface area contributed by atoms with Crippen molar-refractivity contribution >= 4 is 23.0 Å². The van der Waals surface area contributed by atoms with Crippen LogP contribution in [0.5, 0.6) is 0 Å². The number of carbonyl (C=O) groups is 2. The first-order valence-electron chi connectivity index (χ1n) is 10.2. The van der Waals surface area contributed by atoms with Gasteiger partial charge in [-0.15, -0.1) is 0 Å². The Labute approximate surface area is 170 Å². The van der Waals surface area contributed by atoms with Gasteiger partial charge in [0, 0.05) is 25.0 Å². The zero-order valence-electron chi connectivity index (χ0n) is 16.9. The number of fused-ring (bicyclic) bond motifs is 1. The van der Waals surface area contributed by atoms with Crippen LogP contribution in [0.15, 0.2) is 42.6 Å². The summed E-state index contributed by atoms with van der Waals surface area (Å²) in [6, 6.07) is 11.3. The number of benzene rings is 1. The van der Waals surface area contributed by atoms with Crippen LogP contribution in [0.25, 0.3) is 5.52 Å². The number of nitrogens with one attached hydrogen (secondary N) is 1. The highest BCUT2D eigenvalue weighted by Crippen LogP contribution is 2.21. The third-order valence-electron chi connectivity index (χ3n) is 5.70. The highest BCUT2D eigenvalue weighted by atomic mass is 16.2. The summed E-state index contributed by atoms with van der Waals surface area (Å²) in [6.07, 6.45) is 6.10. The van der Waals surface area contributed by atoms with Gasteiger partial charge in [-0.25, -0.2) is 4.98 Å². The van der Waals surface area contributed by atoms with Crippen molar-refractivity contribution in [1.82, 2.24) is 14.3 Å². The fourth-order valence-corrected chi connectivity index (χ4v) is 3.84. The van der Waals surface area contributed by atoms with E-state index in [0.717, 1.165) is 55.6 Å². The maximum absolute atomic E-state index is 13.2. The molecule has 4 rings (SSSR count). The van der Waals surface area contributed by atoms with Crippen molar-refractivity contribution in [2.24, 2.45) is 0 Å². The molecule has 1 fully saturated rings. The normalized spacial score (nSPS) is 14.6. The van der Waals surface area contributed by atoms with Crippen molar-refractivity contribution < 1.29 is 9.59 Å². The van der Waals surface area contributed by atoms with Crippen LogP contribution >= 0.6 is 0 Å². The number of hydrogen-bond acceptors (Lipinski definition) is 3. The lowest BCUT2D eigenvalue weighted by Crippen LogP contribution is -2.32. The van der Waals surface area contributed by atoms with E-state index in [1.165, 1.54) is 0 Å². The lowest BCUT2D eigenvalue weighted by molar-refractivity contribution is 0.0758. The zero-order chi connectivity index (χ0) is 20.4. The average Bonchev–Trinajstić information content (AvgIpc) is 2.90. The van der Waals surface area contributed by atoms with Gasteiger partial charge in [0.25, 0.3) is 11.8 Å². The highest BCUT2D eigenvalue weighted by molar-refractivity contribution is 6.06. The Bertz CT molecular complexity index is 1060. The molecule has 0 spiro atoms. The lowest BCUT2D eigenvalue weighted by Gasteiger charge is -2.19. The summed E-state index contributed by atoms with van der Waals surface area (Å²) in [5.74, 6) is -0.198. The predicted octanol–water partition coefficient (Wildman–Crippen LogP) is 4.22. The number of anilines is 1. The SMILES string of the molecule is Cc1cccc(NC(=O)c2nc(C(=O)N3CCCCCC3)c3ccccn23)c1C. The Morgan fingerprint density at radius 3 is 2.48 bits per heavy atom. The quantitative estimate of drug-likeness (QED) is 0.728. The minimum absolute atomic E-state index is 0.0959. The topological polar surface area (TPSA) is 66.7 Å². The standard InChI is InChI=1S/C23H26N4O2/c1-16-10-9-11-18(17(16)2)24-22(28)21-25-20(19-12-5-8-15-27(19)21)23(29)26-13-6-3-4-7-14-26/h5,8-12,15H,3-4,6-7,13-14H2,1-2H3,(H,24,28). The third-order valence-corrected chi connectivity index (χ3v) is 5.70. The fourth-order valence-electron chi connectivity index (χ4n) is 3.84. The Morgan fingerprint density at radius 1 is 0.966 bits per heavy atom. The van der Waals surface area contributed by atoms with E-state index in [9.17, 15) is 9.59 Å². The van der Waals surface area contributed by atoms with Crippen LogP contribution in [0, 0.1) is 13.8 Å². The minimum Gasteiger partial charge on any atom is -0.337 e. The highest BCUT2D eigenvalue weighted by Gasteiger charge is 2.25. The van der Waals surface area contributed by atoms with Gasteiger partial charge in [0.15, 0.2) is 5.69 Å². The number of aryl methyl sites for hydroxylation is 1. The molecule has 1 saturated heterocycles. The van der Waals surface area contributed by atoms with E-state index in [1.54, 1.807) is 10.6 Å². The fraction of sp³-hybridized carbons (Fsp3) is 0.348. The molecule has 0 radical (unpaired) electrons. The Balaban J connectivity index is 1.69. The van der Waals surface area contributed by atoms with Crippen molar-refractivity contribution in [3.63, 3.8) is 0 Å². The van der Waals surface area contributed by atoms with Crippen LogP contribution in [0.1, 0.15) is 57.9 Å². The second kappa shape index (κ2) is 8.07. The molecule has 0 aliphatic carbocycles. The van der Waals surface area contributed by atoms with Gasteiger partial charge in [-0.3, -0.25) is 14.0 Å². The summed E-state index contributed by atoms with van der Waals surface area (Å²) in [7, 11) is 0. The first-order chi connectivity index (χ1) is 14.1. The lowest BCUT2D eigenvalue weighted by atomic mass is 10.1. The summed E-state index contributed by atoms with van der Waals surface area (Å²) in [5.41, 5.74) is 3.88. The molecule has 1 N–H and O–H groups in total. The molecule has 1 aromatic carbocycles. The number of nitrogens with zero attached hydrogens (tertiary/aromatic N) is 3. The van der Waals surface area contributed by atoms with Crippen molar-refractivity contribution in [2.45, 2.75) is 39.5 Å². The Kier molecular flexibility index (Phi) is 5.34. The van der Waals surface area contributed by atoms with Gasteiger partial charge in [0.2, 0.25) is 5.82 Å². The van der Waals surface area contributed by atoms with Crippen LogP contribution in [-0.2, 0) is 0 Å². The van der Waals surface area contributed by atoms with Crippen molar-refractivity contribution in [2.75, 3.05) is 18.4 Å². The number of aromatic nitrogens is 2. The maximum Gasteiger partial charge on any atom is 0.292 e.